The van der Waals surface area contributed by atoms with E-state index >= 15 is 0 Å². The number of aliphatic imine (C=N–C) groups is 1. The summed E-state index contributed by atoms with van der Waals surface area (Å²) in [5, 5.41) is 13.3. The van der Waals surface area contributed by atoms with Gasteiger partial charge in [-0.25, -0.2) is 10.0 Å². The quantitative estimate of drug-likeness (QED) is 0.439. The van der Waals surface area contributed by atoms with E-state index in [0.29, 0.717) is 13.1 Å². The molecule has 6 rings (SSSR count). The zero-order chi connectivity index (χ0) is 30.8. The number of aromatic hydroxyl groups is 1. The van der Waals surface area contributed by atoms with Crippen LogP contribution in [0.2, 0.25) is 0 Å². The van der Waals surface area contributed by atoms with Gasteiger partial charge in [-0.3, -0.25) is 24.2 Å². The molecule has 0 bridgehead atoms. The predicted molar refractivity (Wildman–Crippen MR) is 166 cm³/mol. The summed E-state index contributed by atoms with van der Waals surface area (Å²) in [5.41, 5.74) is 9.91. The Hall–Kier alpha value is -4.42. The highest BCUT2D eigenvalue weighted by Gasteiger charge is 2.51. The summed E-state index contributed by atoms with van der Waals surface area (Å²) in [6.45, 7) is 0.578. The molecule has 4 unspecified atom stereocenters. The number of benzene rings is 2. The maximum atomic E-state index is 14.2. The minimum Gasteiger partial charge on any atom is -0.508 e. The number of allylic oxidation sites excluding steroid dienone is 2. The minimum absolute atomic E-state index is 0.0813. The molecule has 0 saturated carbocycles. The van der Waals surface area contributed by atoms with E-state index in [1.807, 2.05) is 48.0 Å². The van der Waals surface area contributed by atoms with Crippen LogP contribution in [0.5, 0.6) is 5.75 Å². The lowest BCUT2D eigenvalue weighted by atomic mass is 9.95. The van der Waals surface area contributed by atoms with E-state index in [4.69, 9.17) is 5.73 Å². The summed E-state index contributed by atoms with van der Waals surface area (Å²) in [5.74, 6) is -1.33. The van der Waals surface area contributed by atoms with Crippen molar-refractivity contribution in [2.24, 2.45) is 10.7 Å². The predicted octanol–water partition coefficient (Wildman–Crippen LogP) is 1.83. The Labute approximate surface area is 259 Å². The number of rotatable bonds is 9. The highest BCUT2D eigenvalue weighted by Crippen LogP contribution is 2.34. The first-order valence-corrected chi connectivity index (χ1v) is 15.5. The summed E-state index contributed by atoms with van der Waals surface area (Å²) in [6.07, 6.45) is 5.23. The van der Waals surface area contributed by atoms with Gasteiger partial charge in [0.25, 0.3) is 0 Å². The molecule has 11 nitrogen and oxygen atoms in total. The van der Waals surface area contributed by atoms with Gasteiger partial charge in [0, 0.05) is 32.4 Å². The van der Waals surface area contributed by atoms with E-state index in [-0.39, 0.29) is 67.1 Å². The van der Waals surface area contributed by atoms with Crippen LogP contribution in [0.4, 0.5) is 0 Å². The van der Waals surface area contributed by atoms with Crippen molar-refractivity contribution in [3.8, 4) is 5.75 Å². The molecule has 44 heavy (non-hydrogen) atoms. The van der Waals surface area contributed by atoms with Crippen LogP contribution in [0.3, 0.4) is 0 Å². The van der Waals surface area contributed by atoms with Crippen molar-refractivity contribution in [2.75, 3.05) is 19.6 Å². The molecule has 3 heterocycles. The van der Waals surface area contributed by atoms with E-state index < -0.39 is 18.1 Å². The maximum absolute atomic E-state index is 14.2. The zero-order valence-electron chi connectivity index (χ0n) is 24.1. The Morgan fingerprint density at radius 2 is 1.77 bits per heavy atom. The molecule has 2 fully saturated rings. The Bertz CT molecular complexity index is 1530. The van der Waals surface area contributed by atoms with Crippen LogP contribution < -0.4 is 5.73 Å². The van der Waals surface area contributed by atoms with Gasteiger partial charge in [-0.15, -0.1) is 11.8 Å². The lowest BCUT2D eigenvalue weighted by Gasteiger charge is -2.55. The van der Waals surface area contributed by atoms with Crippen molar-refractivity contribution in [3.63, 3.8) is 0 Å². The molecule has 228 valence electrons. The molecule has 12 heteroatoms. The lowest BCUT2D eigenvalue weighted by Crippen LogP contribution is -2.76. The normalized spacial score (nSPS) is 24.7. The van der Waals surface area contributed by atoms with E-state index in [2.05, 4.69) is 11.1 Å². The smallest absolute Gasteiger partial charge is 0.246 e. The molecule has 0 spiro atoms. The monoisotopic (exact) mass is 614 g/mol. The average Bonchev–Trinajstić information content (AvgIpc) is 3.50. The topological polar surface area (TPSA) is 140 Å². The number of primary amides is 1. The number of thioether (sulfide) groups is 1. The van der Waals surface area contributed by atoms with Crippen LogP contribution in [0.25, 0.3) is 0 Å². The molecule has 0 aromatic heterocycles. The molecule has 1 aliphatic carbocycles. The summed E-state index contributed by atoms with van der Waals surface area (Å²) in [6, 6.07) is 15.1. The number of carbonyl (C=O) groups is 4. The van der Waals surface area contributed by atoms with Gasteiger partial charge >= 0.3 is 0 Å². The number of amides is 4. The van der Waals surface area contributed by atoms with Crippen molar-refractivity contribution in [3.05, 3.63) is 89.5 Å². The molecule has 2 aromatic carbocycles. The van der Waals surface area contributed by atoms with Crippen LogP contribution in [0.1, 0.15) is 24.0 Å². The number of phenols is 1. The Kier molecular flexibility index (Phi) is 8.53. The summed E-state index contributed by atoms with van der Waals surface area (Å²) in [7, 11) is 0. The van der Waals surface area contributed by atoms with Gasteiger partial charge in [-0.05, 0) is 28.8 Å². The molecule has 3 aliphatic heterocycles. The molecule has 3 N–H and O–H groups in total. The number of nitrogens with zero attached hydrogens (tertiary/aromatic N) is 5. The van der Waals surface area contributed by atoms with Crippen molar-refractivity contribution in [2.45, 2.75) is 49.3 Å². The zero-order valence-corrected chi connectivity index (χ0v) is 24.9. The fourth-order valence-corrected chi connectivity index (χ4v) is 7.19. The largest absolute Gasteiger partial charge is 0.508 e. The van der Waals surface area contributed by atoms with Gasteiger partial charge in [0.1, 0.15) is 18.0 Å². The third kappa shape index (κ3) is 6.13. The third-order valence-corrected chi connectivity index (χ3v) is 9.33. The maximum Gasteiger partial charge on any atom is 0.246 e. The van der Waals surface area contributed by atoms with Gasteiger partial charge in [-0.2, -0.15) is 0 Å². The van der Waals surface area contributed by atoms with Crippen LogP contribution >= 0.6 is 11.8 Å². The van der Waals surface area contributed by atoms with Gasteiger partial charge in [0.2, 0.25) is 23.6 Å². The SMILES string of the molecule is NC(=O)CCC(=O)N1C2CN(CC3=CC=CC4SC=NC34)C(=O)C(Cc3ccc(O)cc3)N2C(=O)CN1Cc1ccccc1. The first-order chi connectivity index (χ1) is 21.3. The van der Waals surface area contributed by atoms with E-state index in [0.717, 1.165) is 16.7 Å². The number of nitrogens with two attached hydrogens (primary N) is 1. The summed E-state index contributed by atoms with van der Waals surface area (Å²) in [4.78, 5) is 61.6. The number of carbonyl (C=O) groups excluding carboxylic acids is 4. The Morgan fingerprint density at radius 3 is 2.52 bits per heavy atom. The van der Waals surface area contributed by atoms with Gasteiger partial charge < -0.3 is 20.6 Å². The van der Waals surface area contributed by atoms with Crippen LogP contribution in [-0.2, 0) is 32.1 Å². The molecule has 2 saturated heterocycles. The molecule has 4 atom stereocenters. The lowest BCUT2D eigenvalue weighted by molar-refractivity contribution is -0.208. The minimum atomic E-state index is -0.881. The van der Waals surface area contributed by atoms with Crippen molar-refractivity contribution in [1.29, 1.82) is 0 Å². The van der Waals surface area contributed by atoms with Crippen molar-refractivity contribution >= 4 is 40.9 Å². The van der Waals surface area contributed by atoms with E-state index in [9.17, 15) is 24.3 Å². The number of fused-ring (bicyclic) bond motifs is 2. The Balaban J connectivity index is 1.37. The molecule has 4 amide bonds. The number of phenolic OH excluding ortho intramolecular Hbond substituents is 1. The van der Waals surface area contributed by atoms with Crippen LogP contribution in [0, 0.1) is 0 Å². The molecule has 2 aromatic rings. The first-order valence-electron chi connectivity index (χ1n) is 14.6. The van der Waals surface area contributed by atoms with Crippen molar-refractivity contribution < 1.29 is 24.3 Å². The van der Waals surface area contributed by atoms with Gasteiger partial charge in [0.15, 0.2) is 0 Å². The number of hydrogen-bond donors (Lipinski definition) is 2. The number of piperazine rings is 1. The fraction of sp³-hybridized carbons (Fsp3) is 0.344. The third-order valence-electron chi connectivity index (χ3n) is 8.36. The first kappa shape index (κ1) is 29.6. The molecular formula is C32H34N6O5S. The second-order valence-electron chi connectivity index (χ2n) is 11.3. The van der Waals surface area contributed by atoms with E-state index in [1.54, 1.807) is 50.9 Å². The highest BCUT2D eigenvalue weighted by atomic mass is 32.2. The number of hydrazine groups is 1. The van der Waals surface area contributed by atoms with E-state index in [1.165, 1.54) is 4.90 Å². The van der Waals surface area contributed by atoms with Crippen LogP contribution in [0.15, 0.2) is 83.4 Å². The highest BCUT2D eigenvalue weighted by molar-refractivity contribution is 8.13. The summed E-state index contributed by atoms with van der Waals surface area (Å²) < 4.78 is 0. The fourth-order valence-electron chi connectivity index (χ4n) is 6.27. The molecule has 0 radical (unpaired) electrons. The second-order valence-corrected chi connectivity index (χ2v) is 12.4. The number of hydrogen-bond acceptors (Lipinski definition) is 8. The average molecular weight is 615 g/mol. The second kappa shape index (κ2) is 12.7. The summed E-state index contributed by atoms with van der Waals surface area (Å²) >= 11 is 1.63. The van der Waals surface area contributed by atoms with Crippen molar-refractivity contribution in [1.82, 2.24) is 19.8 Å². The van der Waals surface area contributed by atoms with Gasteiger partial charge in [0.05, 0.1) is 29.9 Å². The van der Waals surface area contributed by atoms with Crippen LogP contribution in [-0.4, -0.2) is 97.2 Å². The standard InChI is InChI=1S/C32H34N6O5S/c33-27(40)13-14-29(41)38-28-18-35(17-23-7-4-8-26-31(23)34-20-44-26)32(43)25(15-21-9-11-24(39)12-10-21)37(28)30(42)19-36(38)16-22-5-2-1-3-6-22/h1-12,20,25-26,28,31,39H,13-19H2,(H2,33,40). The molecule has 4 aliphatic rings. The van der Waals surface area contributed by atoms with Gasteiger partial charge in [-0.1, -0.05) is 60.7 Å². The molecular weight excluding hydrogens is 580 g/mol. The Morgan fingerprint density at radius 1 is 1.00 bits per heavy atom.